The van der Waals surface area contributed by atoms with Crippen LogP contribution in [0.4, 0.5) is 5.69 Å². The van der Waals surface area contributed by atoms with E-state index in [1.54, 1.807) is 24.3 Å². The van der Waals surface area contributed by atoms with Crippen molar-refractivity contribution in [3.8, 4) is 0 Å². The number of benzene rings is 1. The van der Waals surface area contributed by atoms with Crippen molar-refractivity contribution < 1.29 is 14.7 Å². The molecule has 1 aliphatic rings. The molecule has 7 heteroatoms. The molecule has 0 saturated carbocycles. The Hall–Kier alpha value is -1.63. The number of nitrogens with one attached hydrogen (secondary N) is 1. The van der Waals surface area contributed by atoms with Crippen LogP contribution in [0.15, 0.2) is 24.3 Å². The second kappa shape index (κ2) is 7.58. The summed E-state index contributed by atoms with van der Waals surface area (Å²) in [6.45, 7) is 2.89. The third-order valence-corrected chi connectivity index (χ3v) is 4.12. The molecule has 0 aliphatic carbocycles. The molecule has 1 fully saturated rings. The van der Waals surface area contributed by atoms with Crippen LogP contribution in [0.3, 0.4) is 0 Å². The number of halogens is 1. The molecule has 1 saturated heterocycles. The molecule has 1 aromatic carbocycles. The number of likely N-dealkylation sites (N-methyl/N-ethyl adjacent to an activating group) is 1. The summed E-state index contributed by atoms with van der Waals surface area (Å²) in [5.74, 6) is -1.32. The maximum atomic E-state index is 12.1. The molecule has 0 aromatic heterocycles. The highest BCUT2D eigenvalue weighted by Gasteiger charge is 2.30. The monoisotopic (exact) mass is 325 g/mol. The highest BCUT2D eigenvalue weighted by Crippen LogP contribution is 2.21. The summed E-state index contributed by atoms with van der Waals surface area (Å²) in [5.41, 5.74) is 0.497. The lowest BCUT2D eigenvalue weighted by Gasteiger charge is -2.35. The topological polar surface area (TPSA) is 72.9 Å². The average Bonchev–Trinajstić information content (AvgIpc) is 2.48. The highest BCUT2D eigenvalue weighted by molar-refractivity contribution is 6.33. The molecule has 0 radical (unpaired) electrons. The Morgan fingerprint density at radius 1 is 1.27 bits per heavy atom. The minimum atomic E-state index is -0.973. The first-order chi connectivity index (χ1) is 10.5. The van der Waals surface area contributed by atoms with Crippen LogP contribution in [0.1, 0.15) is 6.42 Å². The second-order valence-electron chi connectivity index (χ2n) is 5.43. The molecule has 0 bridgehead atoms. The van der Waals surface area contributed by atoms with E-state index in [-0.39, 0.29) is 12.3 Å². The fourth-order valence-corrected chi connectivity index (χ4v) is 2.63. The summed E-state index contributed by atoms with van der Waals surface area (Å²) < 4.78 is 0. The van der Waals surface area contributed by atoms with Crippen LogP contribution in [0, 0.1) is 0 Å². The van der Waals surface area contributed by atoms with E-state index in [4.69, 9.17) is 11.6 Å². The quantitative estimate of drug-likeness (QED) is 0.855. The van der Waals surface area contributed by atoms with Crippen molar-refractivity contribution in [3.05, 3.63) is 29.3 Å². The number of anilines is 1. The summed E-state index contributed by atoms with van der Waals surface area (Å²) in [4.78, 5) is 27.6. The summed E-state index contributed by atoms with van der Waals surface area (Å²) in [6.07, 6.45) is -0.0930. The Balaban J connectivity index is 1.97. The molecule has 22 heavy (non-hydrogen) atoms. The molecule has 0 spiro atoms. The predicted molar refractivity (Wildman–Crippen MR) is 85.2 cm³/mol. The van der Waals surface area contributed by atoms with Crippen LogP contribution >= 0.6 is 11.6 Å². The Labute approximate surface area is 134 Å². The van der Waals surface area contributed by atoms with Gasteiger partial charge in [0, 0.05) is 26.2 Å². The Morgan fingerprint density at radius 2 is 1.91 bits per heavy atom. The Bertz CT molecular complexity index is 545. The number of rotatable bonds is 5. The highest BCUT2D eigenvalue weighted by atomic mass is 35.5. The average molecular weight is 326 g/mol. The number of carboxylic acids is 1. The molecule has 1 aliphatic heterocycles. The van der Waals surface area contributed by atoms with Crippen molar-refractivity contribution in [3.63, 3.8) is 0 Å². The van der Waals surface area contributed by atoms with E-state index in [1.807, 2.05) is 11.9 Å². The van der Waals surface area contributed by atoms with Gasteiger partial charge in [0.25, 0.3) is 0 Å². The van der Waals surface area contributed by atoms with E-state index in [0.29, 0.717) is 23.8 Å². The van der Waals surface area contributed by atoms with E-state index in [9.17, 15) is 14.7 Å². The fourth-order valence-electron chi connectivity index (χ4n) is 2.45. The summed E-state index contributed by atoms with van der Waals surface area (Å²) in [6, 6.07) is 6.08. The van der Waals surface area contributed by atoms with Gasteiger partial charge in [-0.25, -0.2) is 0 Å². The molecule has 1 aromatic rings. The van der Waals surface area contributed by atoms with Gasteiger partial charge in [-0.1, -0.05) is 23.7 Å². The summed E-state index contributed by atoms with van der Waals surface area (Å²) >= 11 is 5.99. The third-order valence-electron chi connectivity index (χ3n) is 3.79. The molecule has 0 unspecified atom stereocenters. The molecule has 120 valence electrons. The van der Waals surface area contributed by atoms with Gasteiger partial charge in [-0.3, -0.25) is 14.5 Å². The van der Waals surface area contributed by atoms with Gasteiger partial charge in [0.2, 0.25) is 5.91 Å². The van der Waals surface area contributed by atoms with Gasteiger partial charge >= 0.3 is 5.97 Å². The molecule has 2 rings (SSSR count). The predicted octanol–water partition coefficient (Wildman–Crippen LogP) is 1.37. The number of carbonyl (C=O) groups is 2. The lowest BCUT2D eigenvalue weighted by atomic mass is 10.1. The van der Waals surface area contributed by atoms with Gasteiger partial charge < -0.3 is 15.3 Å². The molecule has 1 atom stereocenters. The first-order valence-corrected chi connectivity index (χ1v) is 7.55. The second-order valence-corrected chi connectivity index (χ2v) is 5.83. The van der Waals surface area contributed by atoms with Crippen LogP contribution in [0.5, 0.6) is 0 Å². The zero-order chi connectivity index (χ0) is 16.1. The first-order valence-electron chi connectivity index (χ1n) is 7.17. The number of nitrogens with zero attached hydrogens (tertiary/aromatic N) is 2. The Morgan fingerprint density at radius 3 is 2.50 bits per heavy atom. The number of hydrogen-bond donors (Lipinski definition) is 2. The van der Waals surface area contributed by atoms with Crippen molar-refractivity contribution >= 4 is 29.2 Å². The van der Waals surface area contributed by atoms with Crippen LogP contribution < -0.4 is 5.32 Å². The molecular formula is C15H20ClN3O3. The number of aliphatic carboxylic acids is 1. The van der Waals surface area contributed by atoms with E-state index in [1.165, 1.54) is 0 Å². The molecule has 2 N–H and O–H groups in total. The molecule has 1 heterocycles. The third kappa shape index (κ3) is 4.43. The number of para-hydroxylation sites is 1. The number of carbonyl (C=O) groups excluding carboxylic acids is 1. The minimum Gasteiger partial charge on any atom is -0.480 e. The maximum Gasteiger partial charge on any atom is 0.321 e. The normalized spacial score (nSPS) is 17.9. The number of carboxylic acid groups (broad SMARTS) is 1. The number of amides is 1. The van der Waals surface area contributed by atoms with Gasteiger partial charge in [0.1, 0.15) is 6.04 Å². The van der Waals surface area contributed by atoms with Gasteiger partial charge in [-0.15, -0.1) is 0 Å². The Kier molecular flexibility index (Phi) is 5.76. The van der Waals surface area contributed by atoms with Crippen molar-refractivity contribution in [2.45, 2.75) is 12.5 Å². The van der Waals surface area contributed by atoms with E-state index >= 15 is 0 Å². The van der Waals surface area contributed by atoms with Crippen LogP contribution in [0.2, 0.25) is 5.02 Å². The maximum absolute atomic E-state index is 12.1. The van der Waals surface area contributed by atoms with Crippen LogP contribution in [0.25, 0.3) is 0 Å². The van der Waals surface area contributed by atoms with Crippen LogP contribution in [-0.4, -0.2) is 66.1 Å². The zero-order valence-corrected chi connectivity index (χ0v) is 13.2. The minimum absolute atomic E-state index is 0.0930. The molecule has 1 amide bonds. The van der Waals surface area contributed by atoms with Gasteiger partial charge in [-0.2, -0.15) is 0 Å². The number of piperazine rings is 1. The van der Waals surface area contributed by atoms with Crippen molar-refractivity contribution in [2.75, 3.05) is 38.5 Å². The van der Waals surface area contributed by atoms with Crippen molar-refractivity contribution in [1.29, 1.82) is 0 Å². The fraction of sp³-hybridized carbons (Fsp3) is 0.467. The lowest BCUT2D eigenvalue weighted by Crippen LogP contribution is -2.52. The van der Waals surface area contributed by atoms with Gasteiger partial charge in [0.15, 0.2) is 0 Å². The molecular weight excluding hydrogens is 306 g/mol. The van der Waals surface area contributed by atoms with E-state index in [2.05, 4.69) is 10.2 Å². The summed E-state index contributed by atoms with van der Waals surface area (Å²) in [5, 5.41) is 12.5. The lowest BCUT2D eigenvalue weighted by molar-refractivity contribution is -0.145. The number of hydrogen-bond acceptors (Lipinski definition) is 4. The van der Waals surface area contributed by atoms with E-state index in [0.717, 1.165) is 13.1 Å². The zero-order valence-electron chi connectivity index (χ0n) is 12.5. The van der Waals surface area contributed by atoms with Gasteiger partial charge in [-0.05, 0) is 19.2 Å². The smallest absolute Gasteiger partial charge is 0.321 e. The van der Waals surface area contributed by atoms with Crippen molar-refractivity contribution in [2.24, 2.45) is 0 Å². The van der Waals surface area contributed by atoms with Crippen LogP contribution in [-0.2, 0) is 9.59 Å². The SMILES string of the molecule is CN1CCN([C@@H](CC(=O)Nc2ccccc2Cl)C(=O)O)CC1. The molecule has 6 nitrogen and oxygen atoms in total. The first kappa shape index (κ1) is 16.7. The van der Waals surface area contributed by atoms with Crippen molar-refractivity contribution in [1.82, 2.24) is 9.80 Å². The largest absolute Gasteiger partial charge is 0.480 e. The summed E-state index contributed by atoms with van der Waals surface area (Å²) in [7, 11) is 2.00. The standard InChI is InChI=1S/C15H20ClN3O3/c1-18-6-8-19(9-7-18)13(15(21)22)10-14(20)17-12-5-3-2-4-11(12)16/h2-5,13H,6-10H2,1H3,(H,17,20)(H,21,22)/t13-/m0/s1. The van der Waals surface area contributed by atoms with Gasteiger partial charge in [0.05, 0.1) is 17.1 Å². The van der Waals surface area contributed by atoms with E-state index < -0.39 is 12.0 Å².